The second-order valence-corrected chi connectivity index (χ2v) is 8.78. The minimum absolute atomic E-state index is 0.0590. The van der Waals surface area contributed by atoms with Crippen LogP contribution in [-0.4, -0.2) is 37.0 Å². The second-order valence-electron chi connectivity index (χ2n) is 8.78. The monoisotopic (exact) mass is 299 g/mol. The van der Waals surface area contributed by atoms with Crippen LogP contribution in [0.3, 0.4) is 0 Å². The fourth-order valence-electron chi connectivity index (χ4n) is 3.97. The lowest BCUT2D eigenvalue weighted by Gasteiger charge is -2.42. The van der Waals surface area contributed by atoms with Gasteiger partial charge in [0.25, 0.3) is 0 Å². The Labute approximate surface area is 132 Å². The minimum Gasteiger partial charge on any atom is -0.379 e. The van der Waals surface area contributed by atoms with E-state index in [1.54, 1.807) is 0 Å². The molecule has 0 aliphatic carbocycles. The lowest BCUT2D eigenvalue weighted by molar-refractivity contribution is -0.0924. The van der Waals surface area contributed by atoms with Gasteiger partial charge >= 0.3 is 0 Å². The molecule has 0 radical (unpaired) electrons. The van der Waals surface area contributed by atoms with Gasteiger partial charge in [-0.05, 0) is 52.5 Å². The molecule has 1 rings (SSSR count). The van der Waals surface area contributed by atoms with E-state index in [2.05, 4.69) is 60.7 Å². The van der Waals surface area contributed by atoms with Crippen molar-refractivity contribution in [3.63, 3.8) is 0 Å². The zero-order chi connectivity index (χ0) is 16.5. The van der Waals surface area contributed by atoms with Gasteiger partial charge in [-0.15, -0.1) is 0 Å². The predicted octanol–water partition coefficient (Wildman–Crippen LogP) is 4.01. The molecule has 21 heavy (non-hydrogen) atoms. The molecule has 1 aliphatic rings. The summed E-state index contributed by atoms with van der Waals surface area (Å²) in [6.07, 6.45) is 2.37. The van der Waals surface area contributed by atoms with Gasteiger partial charge in [0.15, 0.2) is 0 Å². The number of rotatable bonds is 6. The van der Waals surface area contributed by atoms with Crippen LogP contribution in [0.4, 0.5) is 0 Å². The van der Waals surface area contributed by atoms with Crippen LogP contribution < -0.4 is 5.32 Å². The van der Waals surface area contributed by atoms with Gasteiger partial charge in [-0.2, -0.15) is 0 Å². The van der Waals surface area contributed by atoms with Gasteiger partial charge in [-0.1, -0.05) is 27.7 Å². The van der Waals surface area contributed by atoms with Crippen LogP contribution in [0.2, 0.25) is 0 Å². The summed E-state index contributed by atoms with van der Waals surface area (Å²) in [7, 11) is 1.84. The summed E-state index contributed by atoms with van der Waals surface area (Å²) in [5.41, 5.74) is -0.0869. The number of ether oxygens (including phenoxy) is 2. The van der Waals surface area contributed by atoms with E-state index >= 15 is 0 Å². The van der Waals surface area contributed by atoms with Crippen molar-refractivity contribution in [1.29, 1.82) is 0 Å². The van der Waals surface area contributed by atoms with Crippen LogP contribution in [-0.2, 0) is 9.47 Å². The molecule has 3 atom stereocenters. The van der Waals surface area contributed by atoms with E-state index in [0.717, 1.165) is 19.4 Å². The van der Waals surface area contributed by atoms with Gasteiger partial charge in [0.2, 0.25) is 0 Å². The van der Waals surface area contributed by atoms with Crippen LogP contribution in [0.5, 0.6) is 0 Å². The van der Waals surface area contributed by atoms with Gasteiger partial charge in [-0.25, -0.2) is 0 Å². The molecule has 1 N–H and O–H groups in total. The summed E-state index contributed by atoms with van der Waals surface area (Å²) >= 11 is 0. The standard InChI is InChI=1S/C18H37NO2/c1-10-11-19-14(15(20-9)16(2,3)4)13-12-17(5,6)21-18(13,7)8/h13-15,19H,10-12H2,1-9H3. The molecule has 0 aromatic rings. The Morgan fingerprint density at radius 2 is 1.81 bits per heavy atom. The molecular weight excluding hydrogens is 262 g/mol. The maximum atomic E-state index is 6.32. The highest BCUT2D eigenvalue weighted by atomic mass is 16.5. The first-order chi connectivity index (χ1) is 9.44. The van der Waals surface area contributed by atoms with E-state index in [1.165, 1.54) is 0 Å². The maximum Gasteiger partial charge on any atom is 0.0776 e. The number of hydrogen-bond acceptors (Lipinski definition) is 3. The summed E-state index contributed by atoms with van der Waals surface area (Å²) in [6.45, 7) is 18.9. The molecular formula is C18H37NO2. The van der Waals surface area contributed by atoms with E-state index in [-0.39, 0.29) is 22.7 Å². The highest BCUT2D eigenvalue weighted by molar-refractivity contribution is 5.03. The first kappa shape index (κ1) is 18.9. The number of hydrogen-bond donors (Lipinski definition) is 1. The van der Waals surface area contributed by atoms with Gasteiger partial charge in [0, 0.05) is 19.1 Å². The average molecular weight is 299 g/mol. The Morgan fingerprint density at radius 3 is 2.14 bits per heavy atom. The molecule has 126 valence electrons. The number of methoxy groups -OCH3 is 1. The molecule has 0 saturated carbocycles. The lowest BCUT2D eigenvalue weighted by Crippen LogP contribution is -2.55. The highest BCUT2D eigenvalue weighted by Crippen LogP contribution is 2.46. The Kier molecular flexibility index (Phi) is 5.91. The topological polar surface area (TPSA) is 30.5 Å². The average Bonchev–Trinajstić information content (AvgIpc) is 2.50. The molecule has 1 aliphatic heterocycles. The van der Waals surface area contributed by atoms with Crippen molar-refractivity contribution >= 4 is 0 Å². The van der Waals surface area contributed by atoms with E-state index in [9.17, 15) is 0 Å². The molecule has 3 heteroatoms. The smallest absolute Gasteiger partial charge is 0.0776 e. The Morgan fingerprint density at radius 1 is 1.24 bits per heavy atom. The SMILES string of the molecule is CCCNC(C(OC)C(C)(C)C)C1CC(C)(C)OC1(C)C. The second kappa shape index (κ2) is 6.55. The van der Waals surface area contributed by atoms with E-state index < -0.39 is 0 Å². The summed E-state index contributed by atoms with van der Waals surface area (Å²) in [4.78, 5) is 0. The van der Waals surface area contributed by atoms with Crippen LogP contribution in [0.25, 0.3) is 0 Å². The molecule has 1 heterocycles. The third kappa shape index (κ3) is 4.67. The van der Waals surface area contributed by atoms with Crippen molar-refractivity contribution < 1.29 is 9.47 Å². The summed E-state index contributed by atoms with van der Waals surface area (Å²) in [6, 6.07) is 0.312. The van der Waals surface area contributed by atoms with Crippen molar-refractivity contribution in [3.8, 4) is 0 Å². The fraction of sp³-hybridized carbons (Fsp3) is 1.00. The Hall–Kier alpha value is -0.120. The van der Waals surface area contributed by atoms with Crippen LogP contribution in [0.1, 0.15) is 68.2 Å². The molecule has 1 saturated heterocycles. The molecule has 3 unspecified atom stereocenters. The highest BCUT2D eigenvalue weighted by Gasteiger charge is 2.52. The van der Waals surface area contributed by atoms with Crippen molar-refractivity contribution in [2.24, 2.45) is 11.3 Å². The maximum absolute atomic E-state index is 6.32. The summed E-state index contributed by atoms with van der Waals surface area (Å²) in [5, 5.41) is 3.76. The molecule has 0 spiro atoms. The molecule has 0 aromatic heterocycles. The van der Waals surface area contributed by atoms with Crippen LogP contribution in [0, 0.1) is 11.3 Å². The van der Waals surface area contributed by atoms with Gasteiger partial charge < -0.3 is 14.8 Å². The van der Waals surface area contributed by atoms with E-state index in [0.29, 0.717) is 12.0 Å². The van der Waals surface area contributed by atoms with E-state index in [1.807, 2.05) is 7.11 Å². The molecule has 0 amide bonds. The van der Waals surface area contributed by atoms with Crippen molar-refractivity contribution in [2.75, 3.05) is 13.7 Å². The fourth-order valence-corrected chi connectivity index (χ4v) is 3.97. The third-order valence-electron chi connectivity index (χ3n) is 4.64. The normalized spacial score (nSPS) is 27.6. The Bertz CT molecular complexity index is 331. The summed E-state index contributed by atoms with van der Waals surface area (Å²) in [5.74, 6) is 0.447. The van der Waals surface area contributed by atoms with Crippen LogP contribution >= 0.6 is 0 Å². The lowest BCUT2D eigenvalue weighted by atomic mass is 9.73. The zero-order valence-electron chi connectivity index (χ0n) is 15.7. The first-order valence-corrected chi connectivity index (χ1v) is 8.41. The van der Waals surface area contributed by atoms with Gasteiger partial charge in [-0.3, -0.25) is 0 Å². The van der Waals surface area contributed by atoms with Crippen LogP contribution in [0.15, 0.2) is 0 Å². The van der Waals surface area contributed by atoms with Gasteiger partial charge in [0.1, 0.15) is 0 Å². The van der Waals surface area contributed by atoms with Crippen molar-refractivity contribution in [2.45, 2.75) is 91.6 Å². The predicted molar refractivity (Wildman–Crippen MR) is 89.7 cm³/mol. The quantitative estimate of drug-likeness (QED) is 0.804. The molecule has 0 aromatic carbocycles. The van der Waals surface area contributed by atoms with Crippen molar-refractivity contribution in [3.05, 3.63) is 0 Å². The summed E-state index contributed by atoms with van der Waals surface area (Å²) < 4.78 is 12.3. The van der Waals surface area contributed by atoms with E-state index in [4.69, 9.17) is 9.47 Å². The van der Waals surface area contributed by atoms with Gasteiger partial charge in [0.05, 0.1) is 17.3 Å². The zero-order valence-corrected chi connectivity index (χ0v) is 15.7. The third-order valence-corrected chi connectivity index (χ3v) is 4.64. The molecule has 1 fully saturated rings. The van der Waals surface area contributed by atoms with Crippen molar-refractivity contribution in [1.82, 2.24) is 5.32 Å². The largest absolute Gasteiger partial charge is 0.379 e. The molecule has 0 bridgehead atoms. The first-order valence-electron chi connectivity index (χ1n) is 8.41. The minimum atomic E-state index is -0.128. The Balaban J connectivity index is 3.07. The number of nitrogens with one attached hydrogen (secondary N) is 1. The molecule has 3 nitrogen and oxygen atoms in total.